The van der Waals surface area contributed by atoms with Crippen molar-refractivity contribution in [2.45, 2.75) is 37.8 Å². The Kier molecular flexibility index (Phi) is 3.93. The summed E-state index contributed by atoms with van der Waals surface area (Å²) in [7, 11) is 1.95. The maximum atomic E-state index is 10.8. The Morgan fingerprint density at radius 1 is 1.50 bits per heavy atom. The van der Waals surface area contributed by atoms with Crippen LogP contribution in [0.5, 0.6) is 0 Å². The highest BCUT2D eigenvalue weighted by atomic mass is 16.4. The van der Waals surface area contributed by atoms with Gasteiger partial charge in [0.2, 0.25) is 0 Å². The molecule has 1 aliphatic heterocycles. The topological polar surface area (TPSA) is 72.8 Å². The molecule has 1 aliphatic rings. The van der Waals surface area contributed by atoms with Crippen LogP contribution in [0, 0.1) is 0 Å². The first-order valence-electron chi connectivity index (χ1n) is 5.66. The third kappa shape index (κ3) is 3.17. The molecule has 0 amide bonds. The minimum absolute atomic E-state index is 0.144. The van der Waals surface area contributed by atoms with Gasteiger partial charge in [0.15, 0.2) is 5.60 Å². The molecule has 1 heterocycles. The molecular formula is C11H22N2O3. The molecule has 3 N–H and O–H groups in total. The molecule has 1 atom stereocenters. The monoisotopic (exact) mass is 230 g/mol. The van der Waals surface area contributed by atoms with E-state index in [-0.39, 0.29) is 12.1 Å². The smallest absolute Gasteiger partial charge is 0.336 e. The van der Waals surface area contributed by atoms with Gasteiger partial charge in [0.25, 0.3) is 0 Å². The van der Waals surface area contributed by atoms with Crippen molar-refractivity contribution >= 4 is 5.97 Å². The van der Waals surface area contributed by atoms with Crippen LogP contribution in [0.1, 0.15) is 26.7 Å². The highest BCUT2D eigenvalue weighted by Crippen LogP contribution is 2.22. The number of hydrogen-bond donors (Lipinski definition) is 3. The van der Waals surface area contributed by atoms with E-state index in [4.69, 9.17) is 5.11 Å². The van der Waals surface area contributed by atoms with Crippen LogP contribution in [0.3, 0.4) is 0 Å². The second kappa shape index (κ2) is 4.69. The number of rotatable bonds is 4. The van der Waals surface area contributed by atoms with Crippen molar-refractivity contribution < 1.29 is 15.0 Å². The molecule has 5 nitrogen and oxygen atoms in total. The van der Waals surface area contributed by atoms with E-state index in [1.54, 1.807) is 0 Å². The molecule has 0 aromatic heterocycles. The summed E-state index contributed by atoms with van der Waals surface area (Å²) in [6.07, 6.45) is 1.94. The Morgan fingerprint density at radius 3 is 2.38 bits per heavy atom. The average Bonchev–Trinajstić information content (AvgIpc) is 2.21. The number of aliphatic hydroxyl groups is 1. The molecular weight excluding hydrogens is 208 g/mol. The van der Waals surface area contributed by atoms with Crippen molar-refractivity contribution in [1.82, 2.24) is 10.2 Å². The van der Waals surface area contributed by atoms with E-state index >= 15 is 0 Å². The standard InChI is InChI=1S/C11H22N2O3/c1-10(12-3)4-6-13(7-5-10)8-11(2,16)9(14)15/h12,16H,4-8H2,1-3H3,(H,14,15). The molecule has 16 heavy (non-hydrogen) atoms. The van der Waals surface area contributed by atoms with Crippen LogP contribution in [0.25, 0.3) is 0 Å². The molecule has 1 unspecified atom stereocenters. The molecule has 0 radical (unpaired) electrons. The molecule has 0 bridgehead atoms. The lowest BCUT2D eigenvalue weighted by Crippen LogP contribution is -2.54. The first-order chi connectivity index (χ1) is 7.29. The number of carbonyl (C=O) groups is 1. The highest BCUT2D eigenvalue weighted by molar-refractivity contribution is 5.76. The number of carboxylic acid groups (broad SMARTS) is 1. The molecule has 0 spiro atoms. The number of hydrogen-bond acceptors (Lipinski definition) is 4. The number of nitrogens with one attached hydrogen (secondary N) is 1. The van der Waals surface area contributed by atoms with E-state index in [1.807, 2.05) is 11.9 Å². The zero-order chi connectivity index (χ0) is 12.4. The number of piperidine rings is 1. The normalized spacial score (nSPS) is 25.0. The van der Waals surface area contributed by atoms with Crippen molar-refractivity contribution in [1.29, 1.82) is 0 Å². The SMILES string of the molecule is CNC1(C)CCN(CC(C)(O)C(=O)O)CC1. The van der Waals surface area contributed by atoms with E-state index in [2.05, 4.69) is 12.2 Å². The lowest BCUT2D eigenvalue weighted by atomic mass is 9.89. The van der Waals surface area contributed by atoms with Gasteiger partial charge in [-0.1, -0.05) is 0 Å². The molecule has 1 rings (SSSR count). The summed E-state index contributed by atoms with van der Waals surface area (Å²) in [5.41, 5.74) is -1.50. The zero-order valence-electron chi connectivity index (χ0n) is 10.3. The van der Waals surface area contributed by atoms with Crippen molar-refractivity contribution in [3.05, 3.63) is 0 Å². The highest BCUT2D eigenvalue weighted by Gasteiger charge is 2.35. The largest absolute Gasteiger partial charge is 0.479 e. The fourth-order valence-corrected chi connectivity index (χ4v) is 1.96. The summed E-state index contributed by atoms with van der Waals surface area (Å²) < 4.78 is 0. The summed E-state index contributed by atoms with van der Waals surface area (Å²) in [5, 5.41) is 21.8. The van der Waals surface area contributed by atoms with Gasteiger partial charge in [-0.3, -0.25) is 4.90 Å². The second-order valence-corrected chi connectivity index (χ2v) is 5.17. The van der Waals surface area contributed by atoms with Crippen LogP contribution in [-0.2, 0) is 4.79 Å². The van der Waals surface area contributed by atoms with Gasteiger partial charge in [0, 0.05) is 25.2 Å². The average molecular weight is 230 g/mol. The number of nitrogens with zero attached hydrogens (tertiary/aromatic N) is 1. The molecule has 5 heteroatoms. The van der Waals surface area contributed by atoms with Crippen LogP contribution in [-0.4, -0.2) is 58.9 Å². The minimum atomic E-state index is -1.65. The summed E-state index contributed by atoms with van der Waals surface area (Å²) in [6, 6.07) is 0. The lowest BCUT2D eigenvalue weighted by Gasteiger charge is -2.40. The Morgan fingerprint density at radius 2 is 2.00 bits per heavy atom. The Balaban J connectivity index is 2.46. The van der Waals surface area contributed by atoms with Crippen molar-refractivity contribution in [3.63, 3.8) is 0 Å². The summed E-state index contributed by atoms with van der Waals surface area (Å²) in [6.45, 7) is 5.35. The minimum Gasteiger partial charge on any atom is -0.479 e. The number of aliphatic carboxylic acids is 1. The molecule has 0 aromatic rings. The predicted octanol–water partition coefficient (Wildman–Crippen LogP) is -0.104. The van der Waals surface area contributed by atoms with Gasteiger partial charge in [-0.2, -0.15) is 0 Å². The molecule has 0 saturated carbocycles. The lowest BCUT2D eigenvalue weighted by molar-refractivity contribution is -0.158. The van der Waals surface area contributed by atoms with Crippen molar-refractivity contribution in [3.8, 4) is 0 Å². The van der Waals surface area contributed by atoms with Crippen LogP contribution in [0.2, 0.25) is 0 Å². The Bertz CT molecular complexity index is 258. The Labute approximate surface area is 96.4 Å². The zero-order valence-corrected chi connectivity index (χ0v) is 10.3. The summed E-state index contributed by atoms with van der Waals surface area (Å²) >= 11 is 0. The number of β-amino-alcohol motifs (C(OH)–C–C–N with tert-alkyl or cyclic N) is 1. The summed E-state index contributed by atoms with van der Waals surface area (Å²) in [4.78, 5) is 12.8. The molecule has 1 saturated heterocycles. The Hall–Kier alpha value is -0.650. The van der Waals surface area contributed by atoms with Gasteiger partial charge in [-0.05, 0) is 33.7 Å². The van der Waals surface area contributed by atoms with E-state index in [0.717, 1.165) is 25.9 Å². The summed E-state index contributed by atoms with van der Waals surface area (Å²) in [5.74, 6) is -1.16. The third-order valence-electron chi connectivity index (χ3n) is 3.56. The molecule has 0 aliphatic carbocycles. The fraction of sp³-hybridized carbons (Fsp3) is 0.909. The molecule has 0 aromatic carbocycles. The van der Waals surface area contributed by atoms with Gasteiger partial charge >= 0.3 is 5.97 Å². The van der Waals surface area contributed by atoms with E-state index in [1.165, 1.54) is 6.92 Å². The van der Waals surface area contributed by atoms with Gasteiger partial charge in [0.05, 0.1) is 0 Å². The van der Waals surface area contributed by atoms with Crippen molar-refractivity contribution in [2.75, 3.05) is 26.7 Å². The molecule has 94 valence electrons. The van der Waals surface area contributed by atoms with Crippen molar-refractivity contribution in [2.24, 2.45) is 0 Å². The number of likely N-dealkylation sites (tertiary alicyclic amines) is 1. The second-order valence-electron chi connectivity index (χ2n) is 5.17. The van der Waals surface area contributed by atoms with Crippen LogP contribution < -0.4 is 5.32 Å². The molecule has 1 fully saturated rings. The quantitative estimate of drug-likeness (QED) is 0.629. The van der Waals surface area contributed by atoms with Gasteiger partial charge in [0.1, 0.15) is 0 Å². The van der Waals surface area contributed by atoms with Crippen LogP contribution in [0.15, 0.2) is 0 Å². The maximum Gasteiger partial charge on any atom is 0.336 e. The van der Waals surface area contributed by atoms with E-state index in [0.29, 0.717) is 0 Å². The third-order valence-corrected chi connectivity index (χ3v) is 3.56. The predicted molar refractivity (Wildman–Crippen MR) is 61.4 cm³/mol. The number of carboxylic acids is 1. The maximum absolute atomic E-state index is 10.8. The van der Waals surface area contributed by atoms with Gasteiger partial charge < -0.3 is 15.5 Å². The van der Waals surface area contributed by atoms with E-state index < -0.39 is 11.6 Å². The van der Waals surface area contributed by atoms with Crippen LogP contribution in [0.4, 0.5) is 0 Å². The first-order valence-corrected chi connectivity index (χ1v) is 5.66. The fourth-order valence-electron chi connectivity index (χ4n) is 1.96. The van der Waals surface area contributed by atoms with E-state index in [9.17, 15) is 9.90 Å². The van der Waals surface area contributed by atoms with Gasteiger partial charge in [-0.25, -0.2) is 4.79 Å². The first kappa shape index (κ1) is 13.4. The van der Waals surface area contributed by atoms with Crippen LogP contribution >= 0.6 is 0 Å². The van der Waals surface area contributed by atoms with Gasteiger partial charge in [-0.15, -0.1) is 0 Å².